The summed E-state index contributed by atoms with van der Waals surface area (Å²) in [6.07, 6.45) is 0. The zero-order valence-electron chi connectivity index (χ0n) is 16.2. The predicted molar refractivity (Wildman–Crippen MR) is 108 cm³/mol. The fraction of sp³-hybridized carbons (Fsp3) is 0.263. The molecule has 0 bridgehead atoms. The van der Waals surface area contributed by atoms with Crippen molar-refractivity contribution in [3.63, 3.8) is 0 Å². The van der Waals surface area contributed by atoms with Crippen molar-refractivity contribution in [3.8, 4) is 0 Å². The Morgan fingerprint density at radius 3 is 2.25 bits per heavy atom. The molecular weight excluding hydrogens is 382 g/mol. The van der Waals surface area contributed by atoms with Gasteiger partial charge in [0, 0.05) is 19.8 Å². The molecule has 0 saturated carbocycles. The van der Waals surface area contributed by atoms with E-state index in [1.54, 1.807) is 55.5 Å². The van der Waals surface area contributed by atoms with Crippen LogP contribution in [-0.2, 0) is 19.7 Å². The van der Waals surface area contributed by atoms with E-state index in [-0.39, 0.29) is 0 Å². The minimum absolute atomic E-state index is 0.320. The van der Waals surface area contributed by atoms with Gasteiger partial charge in [-0.1, -0.05) is 24.3 Å². The summed E-state index contributed by atoms with van der Waals surface area (Å²) in [5, 5.41) is 2.67. The highest BCUT2D eigenvalue weighted by Crippen LogP contribution is 2.22. The molecule has 0 aliphatic rings. The average Bonchev–Trinajstić information content (AvgIpc) is 2.67. The second-order valence-electron chi connectivity index (χ2n) is 6.15. The molecule has 0 spiro atoms. The predicted octanol–water partition coefficient (Wildman–Crippen LogP) is 2.03. The Morgan fingerprint density at radius 1 is 1.04 bits per heavy atom. The third-order valence-electron chi connectivity index (χ3n) is 4.08. The number of anilines is 2. The number of methoxy groups -OCH3 is 1. The van der Waals surface area contributed by atoms with Gasteiger partial charge in [-0.2, -0.15) is 12.7 Å². The molecule has 0 heterocycles. The van der Waals surface area contributed by atoms with Crippen LogP contribution in [0, 0.1) is 6.92 Å². The van der Waals surface area contributed by atoms with Crippen molar-refractivity contribution in [2.45, 2.75) is 6.92 Å². The van der Waals surface area contributed by atoms with Gasteiger partial charge in [0.15, 0.2) is 0 Å². The fourth-order valence-corrected chi connectivity index (χ4v) is 3.58. The van der Waals surface area contributed by atoms with Crippen molar-refractivity contribution in [1.82, 2.24) is 4.31 Å². The number of nitrogens with one attached hydrogen (secondary N) is 1. The van der Waals surface area contributed by atoms with Gasteiger partial charge in [-0.15, -0.1) is 0 Å². The summed E-state index contributed by atoms with van der Waals surface area (Å²) < 4.78 is 32.1. The number of amides is 1. The Bertz CT molecular complexity index is 959. The van der Waals surface area contributed by atoms with Crippen LogP contribution < -0.4 is 9.62 Å². The molecule has 1 N–H and O–H groups in total. The van der Waals surface area contributed by atoms with Crippen LogP contribution in [0.3, 0.4) is 0 Å². The molecule has 8 nitrogen and oxygen atoms in total. The molecule has 2 rings (SSSR count). The topological polar surface area (TPSA) is 96.0 Å². The zero-order valence-corrected chi connectivity index (χ0v) is 17.0. The van der Waals surface area contributed by atoms with Crippen molar-refractivity contribution in [3.05, 3.63) is 59.7 Å². The number of esters is 1. The second kappa shape index (κ2) is 8.85. The van der Waals surface area contributed by atoms with Crippen LogP contribution in [0.4, 0.5) is 11.4 Å². The van der Waals surface area contributed by atoms with Gasteiger partial charge in [0.1, 0.15) is 6.54 Å². The molecule has 9 heteroatoms. The highest BCUT2D eigenvalue weighted by Gasteiger charge is 2.27. The zero-order chi connectivity index (χ0) is 20.9. The molecule has 28 heavy (non-hydrogen) atoms. The van der Waals surface area contributed by atoms with E-state index in [1.807, 2.05) is 0 Å². The van der Waals surface area contributed by atoms with Crippen molar-refractivity contribution in [1.29, 1.82) is 0 Å². The maximum absolute atomic E-state index is 12.7. The first kappa shape index (κ1) is 21.4. The van der Waals surface area contributed by atoms with E-state index >= 15 is 0 Å². The smallest absolute Gasteiger partial charge is 0.338 e. The summed E-state index contributed by atoms with van der Waals surface area (Å²) >= 11 is 0. The number of para-hydroxylation sites is 1. The van der Waals surface area contributed by atoms with Crippen LogP contribution in [-0.4, -0.2) is 52.3 Å². The first-order chi connectivity index (χ1) is 13.2. The molecular formula is C19H23N3O5S. The average molecular weight is 405 g/mol. The molecule has 0 aliphatic heterocycles. The first-order valence-corrected chi connectivity index (χ1v) is 9.81. The van der Waals surface area contributed by atoms with Crippen LogP contribution in [0.25, 0.3) is 0 Å². The van der Waals surface area contributed by atoms with Crippen LogP contribution in [0.1, 0.15) is 15.9 Å². The number of ether oxygens (including phenoxy) is 1. The van der Waals surface area contributed by atoms with Crippen molar-refractivity contribution in [2.24, 2.45) is 0 Å². The number of hydrogen-bond acceptors (Lipinski definition) is 5. The number of benzene rings is 2. The molecule has 1 amide bonds. The standard InChI is InChI=1S/C19H23N3O5S/c1-14-16(19(24)27-4)11-8-12-17(14)20-18(23)13-22(28(25,26)21(2)3)15-9-6-5-7-10-15/h5-12H,13H2,1-4H3,(H,20,23). The van der Waals surface area contributed by atoms with Crippen molar-refractivity contribution >= 4 is 33.5 Å². The maximum atomic E-state index is 12.7. The number of carbonyl (C=O) groups excluding carboxylic acids is 2. The van der Waals surface area contributed by atoms with E-state index in [0.717, 1.165) is 8.61 Å². The lowest BCUT2D eigenvalue weighted by atomic mass is 10.1. The van der Waals surface area contributed by atoms with Gasteiger partial charge in [0.25, 0.3) is 0 Å². The van der Waals surface area contributed by atoms with Gasteiger partial charge in [0.05, 0.1) is 18.4 Å². The summed E-state index contributed by atoms with van der Waals surface area (Å²) in [6, 6.07) is 13.2. The van der Waals surface area contributed by atoms with Crippen LogP contribution in [0.15, 0.2) is 48.5 Å². The molecule has 0 unspecified atom stereocenters. The quantitative estimate of drug-likeness (QED) is 0.711. The molecule has 0 aromatic heterocycles. The number of hydrogen-bond donors (Lipinski definition) is 1. The van der Waals surface area contributed by atoms with Gasteiger partial charge in [-0.25, -0.2) is 9.10 Å². The molecule has 150 valence electrons. The van der Waals surface area contributed by atoms with Gasteiger partial charge < -0.3 is 10.1 Å². The summed E-state index contributed by atoms with van der Waals surface area (Å²) in [6.45, 7) is 1.25. The van der Waals surface area contributed by atoms with Crippen LogP contribution in [0.5, 0.6) is 0 Å². The minimum Gasteiger partial charge on any atom is -0.465 e. The van der Waals surface area contributed by atoms with E-state index in [4.69, 9.17) is 4.74 Å². The molecule has 2 aromatic carbocycles. The second-order valence-corrected chi connectivity index (χ2v) is 8.22. The molecule has 0 atom stereocenters. The number of nitrogens with zero attached hydrogens (tertiary/aromatic N) is 2. The molecule has 0 fully saturated rings. The maximum Gasteiger partial charge on any atom is 0.338 e. The highest BCUT2D eigenvalue weighted by molar-refractivity contribution is 7.90. The molecule has 0 saturated heterocycles. The van der Waals surface area contributed by atoms with Gasteiger partial charge >= 0.3 is 16.2 Å². The number of carbonyl (C=O) groups is 2. The summed E-state index contributed by atoms with van der Waals surface area (Å²) in [5.41, 5.74) is 1.63. The Labute approximate surface area is 164 Å². The summed E-state index contributed by atoms with van der Waals surface area (Å²) in [4.78, 5) is 24.4. The lowest BCUT2D eigenvalue weighted by molar-refractivity contribution is -0.114. The summed E-state index contributed by atoms with van der Waals surface area (Å²) in [7, 11) is 0.183. The lowest BCUT2D eigenvalue weighted by Gasteiger charge is -2.27. The Morgan fingerprint density at radius 2 is 1.68 bits per heavy atom. The van der Waals surface area contributed by atoms with Crippen LogP contribution >= 0.6 is 0 Å². The van der Waals surface area contributed by atoms with E-state index < -0.39 is 28.6 Å². The molecule has 2 aromatic rings. The van der Waals surface area contributed by atoms with Gasteiger partial charge in [-0.3, -0.25) is 4.79 Å². The third-order valence-corrected chi connectivity index (χ3v) is 5.90. The third kappa shape index (κ3) is 4.68. The van der Waals surface area contributed by atoms with Crippen molar-refractivity contribution < 1.29 is 22.7 Å². The fourth-order valence-electron chi connectivity index (χ4n) is 2.52. The van der Waals surface area contributed by atoms with E-state index in [2.05, 4.69) is 5.32 Å². The molecule has 0 radical (unpaired) electrons. The Kier molecular flexibility index (Phi) is 6.76. The van der Waals surface area contributed by atoms with Crippen molar-refractivity contribution in [2.75, 3.05) is 37.4 Å². The van der Waals surface area contributed by atoms with E-state index in [9.17, 15) is 18.0 Å². The monoisotopic (exact) mass is 405 g/mol. The summed E-state index contributed by atoms with van der Waals surface area (Å²) in [5.74, 6) is -1.06. The first-order valence-electron chi connectivity index (χ1n) is 8.41. The molecule has 0 aliphatic carbocycles. The van der Waals surface area contributed by atoms with E-state index in [0.29, 0.717) is 22.5 Å². The largest absolute Gasteiger partial charge is 0.465 e. The SMILES string of the molecule is COC(=O)c1cccc(NC(=O)CN(c2ccccc2)S(=O)(=O)N(C)C)c1C. The highest BCUT2D eigenvalue weighted by atomic mass is 32.2. The lowest BCUT2D eigenvalue weighted by Crippen LogP contribution is -2.44. The Balaban J connectivity index is 2.30. The van der Waals surface area contributed by atoms with E-state index in [1.165, 1.54) is 21.2 Å². The van der Waals surface area contributed by atoms with Gasteiger partial charge in [-0.05, 0) is 36.8 Å². The van der Waals surface area contributed by atoms with Gasteiger partial charge in [0.2, 0.25) is 5.91 Å². The Hall–Kier alpha value is -2.91. The van der Waals surface area contributed by atoms with Crippen LogP contribution in [0.2, 0.25) is 0 Å². The number of rotatable bonds is 7. The normalized spacial score (nSPS) is 11.2. The minimum atomic E-state index is -3.88.